The van der Waals surface area contributed by atoms with E-state index in [4.69, 9.17) is 5.73 Å². The fourth-order valence-electron chi connectivity index (χ4n) is 3.59. The monoisotopic (exact) mass is 424 g/mol. The molecule has 0 bridgehead atoms. The van der Waals surface area contributed by atoms with Gasteiger partial charge < -0.3 is 15.5 Å². The molecule has 1 aliphatic heterocycles. The first-order valence-electron chi connectivity index (χ1n) is 10.4. The number of nitrogens with zero attached hydrogens (tertiary/aromatic N) is 3. The quantitative estimate of drug-likeness (QED) is 0.658. The summed E-state index contributed by atoms with van der Waals surface area (Å²) in [6.07, 6.45) is 2.41. The van der Waals surface area contributed by atoms with Crippen LogP contribution in [-0.2, 0) is 16.0 Å². The Morgan fingerprint density at radius 3 is 2.31 bits per heavy atom. The van der Waals surface area contributed by atoms with Crippen molar-refractivity contribution < 1.29 is 9.59 Å². The van der Waals surface area contributed by atoms with Crippen LogP contribution in [-0.4, -0.2) is 78.9 Å². The fourth-order valence-corrected chi connectivity index (χ4v) is 3.59. The number of halogens is 1. The van der Waals surface area contributed by atoms with Gasteiger partial charge >= 0.3 is 0 Å². The number of hydrogen-bond acceptors (Lipinski definition) is 4. The van der Waals surface area contributed by atoms with Crippen molar-refractivity contribution in [2.75, 3.05) is 46.3 Å². The molecule has 0 atom stereocenters. The lowest BCUT2D eigenvalue weighted by Gasteiger charge is -2.35. The molecule has 0 saturated carbocycles. The second kappa shape index (κ2) is 12.8. The second-order valence-corrected chi connectivity index (χ2v) is 8.00. The van der Waals surface area contributed by atoms with Crippen LogP contribution in [0.5, 0.6) is 0 Å². The molecule has 164 valence electrons. The zero-order valence-electron chi connectivity index (χ0n) is 18.0. The van der Waals surface area contributed by atoms with Crippen LogP contribution < -0.4 is 5.73 Å². The number of likely N-dealkylation sites (tertiary alicyclic amines) is 1. The van der Waals surface area contributed by atoms with Crippen LogP contribution in [0.15, 0.2) is 30.3 Å². The van der Waals surface area contributed by atoms with Gasteiger partial charge in [0.1, 0.15) is 0 Å². The highest BCUT2D eigenvalue weighted by molar-refractivity contribution is 5.85. The molecular weight excluding hydrogens is 388 g/mol. The highest BCUT2D eigenvalue weighted by Crippen LogP contribution is 2.20. The lowest BCUT2D eigenvalue weighted by Crippen LogP contribution is -2.48. The molecule has 0 spiro atoms. The third kappa shape index (κ3) is 7.96. The summed E-state index contributed by atoms with van der Waals surface area (Å²) in [5, 5.41) is 0. The number of piperidine rings is 1. The highest BCUT2D eigenvalue weighted by atomic mass is 35.5. The third-order valence-electron chi connectivity index (χ3n) is 5.68. The van der Waals surface area contributed by atoms with Gasteiger partial charge in [0, 0.05) is 51.7 Å². The third-order valence-corrected chi connectivity index (χ3v) is 5.68. The Morgan fingerprint density at radius 1 is 1.14 bits per heavy atom. The molecule has 2 N–H and O–H groups in total. The van der Waals surface area contributed by atoms with Gasteiger partial charge in [-0.05, 0) is 38.7 Å². The highest BCUT2D eigenvalue weighted by Gasteiger charge is 2.30. The molecule has 1 saturated heterocycles. The molecule has 2 amide bonds. The SMILES string of the molecule is CC(C)N(C)C(=O)C1CCN(C(=O)CN(CCN)CCc2ccccc2)CC1.Cl. The van der Waals surface area contributed by atoms with Gasteiger partial charge in [-0.1, -0.05) is 30.3 Å². The molecule has 0 aliphatic carbocycles. The van der Waals surface area contributed by atoms with Crippen molar-refractivity contribution in [3.63, 3.8) is 0 Å². The van der Waals surface area contributed by atoms with Crippen LogP contribution in [0.1, 0.15) is 32.3 Å². The Bertz CT molecular complexity index is 618. The van der Waals surface area contributed by atoms with Crippen molar-refractivity contribution in [1.82, 2.24) is 14.7 Å². The molecule has 0 aromatic heterocycles. The van der Waals surface area contributed by atoms with Gasteiger partial charge in [-0.2, -0.15) is 0 Å². The van der Waals surface area contributed by atoms with E-state index < -0.39 is 0 Å². The first-order valence-corrected chi connectivity index (χ1v) is 10.4. The molecule has 6 nitrogen and oxygen atoms in total. The molecule has 1 aliphatic rings. The first kappa shape index (κ1) is 25.4. The van der Waals surface area contributed by atoms with Crippen LogP contribution in [0, 0.1) is 5.92 Å². The first-order chi connectivity index (χ1) is 13.4. The van der Waals surface area contributed by atoms with E-state index in [-0.39, 0.29) is 36.2 Å². The van der Waals surface area contributed by atoms with Crippen molar-refractivity contribution >= 4 is 24.2 Å². The maximum Gasteiger partial charge on any atom is 0.236 e. The second-order valence-electron chi connectivity index (χ2n) is 8.00. The number of hydrogen-bond donors (Lipinski definition) is 1. The number of carbonyl (C=O) groups is 2. The minimum Gasteiger partial charge on any atom is -0.343 e. The van der Waals surface area contributed by atoms with Gasteiger partial charge in [0.15, 0.2) is 0 Å². The Hall–Kier alpha value is -1.63. The Labute approximate surface area is 181 Å². The molecule has 1 fully saturated rings. The van der Waals surface area contributed by atoms with Crippen LogP contribution in [0.3, 0.4) is 0 Å². The summed E-state index contributed by atoms with van der Waals surface area (Å²) < 4.78 is 0. The number of amides is 2. The van der Waals surface area contributed by atoms with Crippen molar-refractivity contribution in [3.8, 4) is 0 Å². The van der Waals surface area contributed by atoms with E-state index in [1.807, 2.05) is 48.9 Å². The van der Waals surface area contributed by atoms with Gasteiger partial charge in [-0.25, -0.2) is 0 Å². The van der Waals surface area contributed by atoms with E-state index in [0.29, 0.717) is 32.7 Å². The Morgan fingerprint density at radius 2 is 1.76 bits per heavy atom. The summed E-state index contributed by atoms with van der Waals surface area (Å²) in [7, 11) is 1.86. The predicted molar refractivity (Wildman–Crippen MR) is 120 cm³/mol. The summed E-state index contributed by atoms with van der Waals surface area (Å²) in [4.78, 5) is 31.1. The summed E-state index contributed by atoms with van der Waals surface area (Å²) in [6, 6.07) is 10.5. The van der Waals surface area contributed by atoms with Crippen LogP contribution in [0.2, 0.25) is 0 Å². The summed E-state index contributed by atoms with van der Waals surface area (Å²) in [5.74, 6) is 0.383. The average molecular weight is 425 g/mol. The molecule has 0 radical (unpaired) electrons. The molecule has 0 unspecified atom stereocenters. The van der Waals surface area contributed by atoms with E-state index in [0.717, 1.165) is 25.8 Å². The maximum absolute atomic E-state index is 12.8. The zero-order valence-corrected chi connectivity index (χ0v) is 18.9. The summed E-state index contributed by atoms with van der Waals surface area (Å²) >= 11 is 0. The van der Waals surface area contributed by atoms with Crippen LogP contribution in [0.25, 0.3) is 0 Å². The Kier molecular flexibility index (Phi) is 11.2. The van der Waals surface area contributed by atoms with Crippen LogP contribution >= 0.6 is 12.4 Å². The van der Waals surface area contributed by atoms with E-state index in [1.165, 1.54) is 5.56 Å². The number of benzene rings is 1. The molecule has 1 aromatic carbocycles. The van der Waals surface area contributed by atoms with Crippen molar-refractivity contribution in [3.05, 3.63) is 35.9 Å². The van der Waals surface area contributed by atoms with Gasteiger partial charge in [0.05, 0.1) is 6.54 Å². The van der Waals surface area contributed by atoms with E-state index >= 15 is 0 Å². The minimum absolute atomic E-state index is 0. The normalized spacial score (nSPS) is 14.8. The minimum atomic E-state index is 0. The molecule has 2 rings (SSSR count). The van der Waals surface area contributed by atoms with E-state index in [2.05, 4.69) is 17.0 Å². The van der Waals surface area contributed by atoms with Crippen molar-refractivity contribution in [2.24, 2.45) is 11.7 Å². The van der Waals surface area contributed by atoms with Crippen LogP contribution in [0.4, 0.5) is 0 Å². The lowest BCUT2D eigenvalue weighted by atomic mass is 9.95. The van der Waals surface area contributed by atoms with Gasteiger partial charge in [0.25, 0.3) is 0 Å². The molecule has 29 heavy (non-hydrogen) atoms. The number of nitrogens with two attached hydrogens (primary N) is 1. The summed E-state index contributed by atoms with van der Waals surface area (Å²) in [5.41, 5.74) is 7.02. The number of rotatable bonds is 9. The average Bonchev–Trinajstić information content (AvgIpc) is 2.71. The topological polar surface area (TPSA) is 69.9 Å². The molecule has 1 aromatic rings. The Balaban J connectivity index is 0.00000420. The van der Waals surface area contributed by atoms with Gasteiger partial charge in [-0.15, -0.1) is 12.4 Å². The zero-order chi connectivity index (χ0) is 20.5. The maximum atomic E-state index is 12.8. The van der Waals surface area contributed by atoms with Crippen molar-refractivity contribution in [1.29, 1.82) is 0 Å². The fraction of sp³-hybridized carbons (Fsp3) is 0.636. The largest absolute Gasteiger partial charge is 0.343 e. The molecule has 1 heterocycles. The van der Waals surface area contributed by atoms with Crippen molar-refractivity contribution in [2.45, 2.75) is 39.2 Å². The standard InChI is InChI=1S/C22H36N4O2.ClH/c1-18(2)24(3)22(28)20-10-14-26(15-11-20)21(27)17-25(16-12-23)13-9-19-7-5-4-6-8-19;/h4-8,18,20H,9-17,23H2,1-3H3;1H. The van der Waals surface area contributed by atoms with E-state index in [9.17, 15) is 9.59 Å². The summed E-state index contributed by atoms with van der Waals surface area (Å²) in [6.45, 7) is 7.85. The molecular formula is C22H37ClN4O2. The molecule has 7 heteroatoms. The predicted octanol–water partition coefficient (Wildman–Crippen LogP) is 2.02. The number of carbonyl (C=O) groups excluding carboxylic acids is 2. The van der Waals surface area contributed by atoms with Gasteiger partial charge in [-0.3, -0.25) is 14.5 Å². The lowest BCUT2D eigenvalue weighted by molar-refractivity contribution is -0.141. The smallest absolute Gasteiger partial charge is 0.236 e. The van der Waals surface area contributed by atoms with Gasteiger partial charge in [0.2, 0.25) is 11.8 Å². The van der Waals surface area contributed by atoms with E-state index in [1.54, 1.807) is 0 Å².